The van der Waals surface area contributed by atoms with Gasteiger partial charge < -0.3 is 4.90 Å². The van der Waals surface area contributed by atoms with Crippen molar-refractivity contribution in [2.75, 3.05) is 32.7 Å². The summed E-state index contributed by atoms with van der Waals surface area (Å²) in [6.45, 7) is 5.11. The van der Waals surface area contributed by atoms with Crippen molar-refractivity contribution in [3.63, 3.8) is 0 Å². The molecule has 0 radical (unpaired) electrons. The molecular weight excluding hydrogens is 417 g/mol. The lowest BCUT2D eigenvalue weighted by atomic mass is 10.0. The molecule has 2 nitrogen and oxygen atoms in total. The first-order valence-electron chi connectivity index (χ1n) is 9.65. The maximum absolute atomic E-state index is 13.2. The van der Waals surface area contributed by atoms with Gasteiger partial charge in [0.15, 0.2) is 0 Å². The van der Waals surface area contributed by atoms with Crippen LogP contribution in [0, 0.1) is 0 Å². The maximum atomic E-state index is 13.2. The quantitative estimate of drug-likeness (QED) is 0.487. The lowest BCUT2D eigenvalue weighted by Gasteiger charge is -2.34. The number of piperazine rings is 1. The number of benzene rings is 2. The highest BCUT2D eigenvalue weighted by Crippen LogP contribution is 2.32. The molecule has 1 fully saturated rings. The zero-order valence-electron chi connectivity index (χ0n) is 15.9. The Hall–Kier alpha value is -1.60. The Morgan fingerprint density at radius 2 is 1.66 bits per heavy atom. The molecule has 0 aliphatic carbocycles. The van der Waals surface area contributed by atoms with Crippen LogP contribution in [0.4, 0.5) is 13.2 Å². The van der Waals surface area contributed by atoms with Crippen molar-refractivity contribution in [1.29, 1.82) is 0 Å². The largest absolute Gasteiger partial charge is 0.416 e. The van der Waals surface area contributed by atoms with Crippen LogP contribution in [0.2, 0.25) is 5.02 Å². The Bertz CT molecular complexity index is 978. The molecule has 0 N–H and O–H groups in total. The minimum atomic E-state index is -4.29. The van der Waals surface area contributed by atoms with E-state index < -0.39 is 11.7 Å². The fraction of sp³-hybridized carbons (Fsp3) is 0.364. The van der Waals surface area contributed by atoms with Gasteiger partial charge in [-0.15, -0.1) is 11.3 Å². The van der Waals surface area contributed by atoms with Crippen LogP contribution in [0.5, 0.6) is 0 Å². The third-order valence-corrected chi connectivity index (χ3v) is 6.74. The number of nitrogens with zero attached hydrogens (tertiary/aromatic N) is 2. The van der Waals surface area contributed by atoms with Crippen LogP contribution < -0.4 is 0 Å². The van der Waals surface area contributed by atoms with Gasteiger partial charge in [0.1, 0.15) is 0 Å². The van der Waals surface area contributed by atoms with Crippen LogP contribution in [0.25, 0.3) is 10.1 Å². The standard InChI is InChI=1S/C22H22ClF3N2S/c23-18-5-6-21-19(13-18)17(15-29-21)14-28-11-9-27(10-12-28)8-7-16-3-1-2-4-20(16)22(24,25)26/h1-6,13,15H,7-12,14H2. The van der Waals surface area contributed by atoms with Crippen molar-refractivity contribution >= 4 is 33.0 Å². The number of rotatable bonds is 5. The second-order valence-electron chi connectivity index (χ2n) is 7.42. The van der Waals surface area contributed by atoms with E-state index in [1.807, 2.05) is 12.1 Å². The molecule has 2 aromatic carbocycles. The number of hydrogen-bond donors (Lipinski definition) is 0. The smallest absolute Gasteiger partial charge is 0.300 e. The molecule has 0 bridgehead atoms. The molecule has 2 heterocycles. The normalized spacial score (nSPS) is 16.6. The number of hydrogen-bond acceptors (Lipinski definition) is 3. The molecule has 0 amide bonds. The van der Waals surface area contributed by atoms with Crippen molar-refractivity contribution in [3.8, 4) is 0 Å². The molecule has 1 aliphatic heterocycles. The van der Waals surface area contributed by atoms with Crippen LogP contribution in [0.1, 0.15) is 16.7 Å². The molecule has 29 heavy (non-hydrogen) atoms. The lowest BCUT2D eigenvalue weighted by molar-refractivity contribution is -0.138. The molecule has 1 saturated heterocycles. The van der Waals surface area contributed by atoms with E-state index >= 15 is 0 Å². The molecule has 1 aromatic heterocycles. The highest BCUT2D eigenvalue weighted by molar-refractivity contribution is 7.17. The van der Waals surface area contributed by atoms with Gasteiger partial charge in [-0.25, -0.2) is 0 Å². The van der Waals surface area contributed by atoms with E-state index in [4.69, 9.17) is 11.6 Å². The highest BCUT2D eigenvalue weighted by atomic mass is 35.5. The van der Waals surface area contributed by atoms with Gasteiger partial charge in [0.05, 0.1) is 5.56 Å². The van der Waals surface area contributed by atoms with E-state index in [-0.39, 0.29) is 0 Å². The SMILES string of the molecule is FC(F)(F)c1ccccc1CCN1CCN(Cc2csc3ccc(Cl)cc23)CC1. The predicted molar refractivity (Wildman–Crippen MR) is 114 cm³/mol. The summed E-state index contributed by atoms with van der Waals surface area (Å²) in [5, 5.41) is 4.16. The van der Waals surface area contributed by atoms with Gasteiger partial charge in [0, 0.05) is 49.0 Å². The van der Waals surface area contributed by atoms with Gasteiger partial charge in [-0.3, -0.25) is 4.90 Å². The second kappa shape index (κ2) is 8.64. The lowest BCUT2D eigenvalue weighted by Crippen LogP contribution is -2.46. The first-order valence-corrected chi connectivity index (χ1v) is 10.9. The molecule has 0 atom stereocenters. The van der Waals surface area contributed by atoms with E-state index in [2.05, 4.69) is 21.2 Å². The van der Waals surface area contributed by atoms with Crippen molar-refractivity contribution in [2.24, 2.45) is 0 Å². The van der Waals surface area contributed by atoms with Crippen LogP contribution in [0.15, 0.2) is 47.8 Å². The Kier molecular flexibility index (Phi) is 6.16. The van der Waals surface area contributed by atoms with E-state index in [0.29, 0.717) is 18.5 Å². The van der Waals surface area contributed by atoms with Gasteiger partial charge >= 0.3 is 6.18 Å². The Morgan fingerprint density at radius 3 is 2.41 bits per heavy atom. The molecule has 4 rings (SSSR count). The van der Waals surface area contributed by atoms with E-state index in [9.17, 15) is 13.2 Å². The van der Waals surface area contributed by atoms with E-state index in [0.717, 1.165) is 37.7 Å². The molecule has 0 spiro atoms. The van der Waals surface area contributed by atoms with E-state index in [1.165, 1.54) is 27.8 Å². The van der Waals surface area contributed by atoms with Gasteiger partial charge in [-0.05, 0) is 52.6 Å². The third kappa shape index (κ3) is 4.94. The summed E-state index contributed by atoms with van der Waals surface area (Å²) in [7, 11) is 0. The minimum Gasteiger partial charge on any atom is -0.300 e. The zero-order valence-corrected chi connectivity index (χ0v) is 17.5. The Labute approximate surface area is 177 Å². The molecular formula is C22H22ClF3N2S. The molecule has 1 aliphatic rings. The van der Waals surface area contributed by atoms with Crippen LogP contribution in [-0.4, -0.2) is 42.5 Å². The summed E-state index contributed by atoms with van der Waals surface area (Å²) < 4.78 is 40.7. The average molecular weight is 439 g/mol. The monoisotopic (exact) mass is 438 g/mol. The summed E-state index contributed by atoms with van der Waals surface area (Å²) in [5.41, 5.74) is 1.16. The van der Waals surface area contributed by atoms with Gasteiger partial charge in [-0.2, -0.15) is 13.2 Å². The summed E-state index contributed by atoms with van der Waals surface area (Å²) in [4.78, 5) is 4.66. The zero-order chi connectivity index (χ0) is 20.4. The minimum absolute atomic E-state index is 0.379. The number of alkyl halides is 3. The van der Waals surface area contributed by atoms with Crippen molar-refractivity contribution in [1.82, 2.24) is 9.80 Å². The summed E-state index contributed by atoms with van der Waals surface area (Å²) in [5.74, 6) is 0. The maximum Gasteiger partial charge on any atom is 0.416 e. The third-order valence-electron chi connectivity index (χ3n) is 5.49. The summed E-state index contributed by atoms with van der Waals surface area (Å²) >= 11 is 7.88. The van der Waals surface area contributed by atoms with Gasteiger partial charge in [0.25, 0.3) is 0 Å². The van der Waals surface area contributed by atoms with Gasteiger partial charge in [0.2, 0.25) is 0 Å². The summed E-state index contributed by atoms with van der Waals surface area (Å²) in [6, 6.07) is 11.9. The topological polar surface area (TPSA) is 6.48 Å². The molecule has 0 unspecified atom stereocenters. The average Bonchev–Trinajstić information content (AvgIpc) is 3.09. The predicted octanol–water partition coefficient (Wildman–Crippen LogP) is 5.93. The summed E-state index contributed by atoms with van der Waals surface area (Å²) in [6.07, 6.45) is -3.87. The van der Waals surface area contributed by atoms with Gasteiger partial charge in [-0.1, -0.05) is 29.8 Å². The Balaban J connectivity index is 1.32. The fourth-order valence-electron chi connectivity index (χ4n) is 3.88. The molecule has 0 saturated carbocycles. The van der Waals surface area contributed by atoms with Crippen LogP contribution in [-0.2, 0) is 19.1 Å². The molecule has 154 valence electrons. The van der Waals surface area contributed by atoms with E-state index in [1.54, 1.807) is 23.5 Å². The molecule has 3 aromatic rings. The first kappa shape index (κ1) is 20.7. The van der Waals surface area contributed by atoms with Crippen molar-refractivity contribution in [3.05, 3.63) is 69.6 Å². The van der Waals surface area contributed by atoms with Crippen molar-refractivity contribution < 1.29 is 13.2 Å². The molecule has 7 heteroatoms. The number of halogens is 4. The highest BCUT2D eigenvalue weighted by Gasteiger charge is 2.32. The van der Waals surface area contributed by atoms with Crippen LogP contribution >= 0.6 is 22.9 Å². The first-order chi connectivity index (χ1) is 13.9. The Morgan fingerprint density at radius 1 is 0.931 bits per heavy atom. The number of fused-ring (bicyclic) bond motifs is 1. The van der Waals surface area contributed by atoms with Crippen LogP contribution in [0.3, 0.4) is 0 Å². The fourth-order valence-corrected chi connectivity index (χ4v) is 4.99. The van der Waals surface area contributed by atoms with Crippen molar-refractivity contribution in [2.45, 2.75) is 19.1 Å². The second-order valence-corrected chi connectivity index (χ2v) is 8.77. The number of thiophene rings is 1.